The molecule has 0 spiro atoms. The van der Waals surface area contributed by atoms with Gasteiger partial charge in [0.05, 0.1) is 12.5 Å². The second-order valence-electron chi connectivity index (χ2n) is 5.66. The molecular formula is C16H18N2O. The van der Waals surface area contributed by atoms with Crippen LogP contribution < -0.4 is 5.32 Å². The van der Waals surface area contributed by atoms with Gasteiger partial charge < -0.3 is 5.32 Å². The summed E-state index contributed by atoms with van der Waals surface area (Å²) < 4.78 is 0. The van der Waals surface area contributed by atoms with Crippen LogP contribution in [0.15, 0.2) is 24.3 Å². The SMILES string of the molecule is N#CCc1ccc(NC(=O)C2C3CCCCC32)cc1. The first-order valence-electron chi connectivity index (χ1n) is 7.06. The maximum atomic E-state index is 12.2. The molecule has 0 heterocycles. The van der Waals surface area contributed by atoms with Crippen molar-refractivity contribution in [3.05, 3.63) is 29.8 Å². The Morgan fingerprint density at radius 1 is 1.21 bits per heavy atom. The fraction of sp³-hybridized carbons (Fsp3) is 0.500. The van der Waals surface area contributed by atoms with Crippen LogP contribution in [0.4, 0.5) is 5.69 Å². The van der Waals surface area contributed by atoms with Crippen LogP contribution in [0.2, 0.25) is 0 Å². The molecule has 19 heavy (non-hydrogen) atoms. The third kappa shape index (κ3) is 2.49. The molecule has 1 aromatic carbocycles. The molecule has 0 radical (unpaired) electrons. The minimum Gasteiger partial charge on any atom is -0.326 e. The fourth-order valence-electron chi connectivity index (χ4n) is 3.40. The van der Waals surface area contributed by atoms with Crippen molar-refractivity contribution in [1.29, 1.82) is 5.26 Å². The normalized spacial score (nSPS) is 28.1. The Morgan fingerprint density at radius 3 is 2.42 bits per heavy atom. The van der Waals surface area contributed by atoms with Crippen molar-refractivity contribution in [3.8, 4) is 6.07 Å². The van der Waals surface area contributed by atoms with E-state index in [0.717, 1.165) is 11.3 Å². The van der Waals surface area contributed by atoms with Crippen molar-refractivity contribution >= 4 is 11.6 Å². The maximum Gasteiger partial charge on any atom is 0.228 e. The maximum absolute atomic E-state index is 12.2. The Kier molecular flexibility index (Phi) is 3.25. The number of nitrogens with zero attached hydrogens (tertiary/aromatic N) is 1. The first-order chi connectivity index (χ1) is 9.29. The van der Waals surface area contributed by atoms with Crippen LogP contribution in [0.1, 0.15) is 31.2 Å². The van der Waals surface area contributed by atoms with Crippen molar-refractivity contribution < 1.29 is 4.79 Å². The molecule has 1 amide bonds. The number of fused-ring (bicyclic) bond motifs is 1. The molecule has 3 nitrogen and oxygen atoms in total. The van der Waals surface area contributed by atoms with Crippen LogP contribution in [0.5, 0.6) is 0 Å². The molecule has 2 fully saturated rings. The van der Waals surface area contributed by atoms with Gasteiger partial charge in [-0.1, -0.05) is 25.0 Å². The van der Waals surface area contributed by atoms with Gasteiger partial charge in [-0.2, -0.15) is 5.26 Å². The van der Waals surface area contributed by atoms with Crippen molar-refractivity contribution in [3.63, 3.8) is 0 Å². The van der Waals surface area contributed by atoms with Gasteiger partial charge in [-0.15, -0.1) is 0 Å². The number of carbonyl (C=O) groups is 1. The smallest absolute Gasteiger partial charge is 0.228 e. The Labute approximate surface area is 113 Å². The number of rotatable bonds is 3. The Bertz CT molecular complexity index is 503. The highest BCUT2D eigenvalue weighted by Gasteiger charge is 2.54. The van der Waals surface area contributed by atoms with Gasteiger partial charge in [0.25, 0.3) is 0 Å². The summed E-state index contributed by atoms with van der Waals surface area (Å²) in [4.78, 5) is 12.2. The van der Waals surface area contributed by atoms with E-state index >= 15 is 0 Å². The van der Waals surface area contributed by atoms with Crippen LogP contribution in [0.25, 0.3) is 0 Å². The minimum absolute atomic E-state index is 0.185. The summed E-state index contributed by atoms with van der Waals surface area (Å²) in [5.74, 6) is 1.73. The number of nitriles is 1. The Balaban J connectivity index is 1.59. The minimum atomic E-state index is 0.185. The number of anilines is 1. The molecule has 2 aliphatic rings. The Morgan fingerprint density at radius 2 is 1.84 bits per heavy atom. The molecule has 3 rings (SSSR count). The molecule has 2 unspecified atom stereocenters. The number of carbonyl (C=O) groups excluding carboxylic acids is 1. The molecular weight excluding hydrogens is 236 g/mol. The van der Waals surface area contributed by atoms with E-state index in [9.17, 15) is 4.79 Å². The van der Waals surface area contributed by atoms with Crippen LogP contribution in [0, 0.1) is 29.1 Å². The molecule has 2 saturated carbocycles. The quantitative estimate of drug-likeness (QED) is 0.901. The number of hydrogen-bond acceptors (Lipinski definition) is 2. The van der Waals surface area contributed by atoms with Crippen LogP contribution in [-0.2, 0) is 11.2 Å². The fourth-order valence-corrected chi connectivity index (χ4v) is 3.40. The lowest BCUT2D eigenvalue weighted by atomic mass is 10.0. The predicted molar refractivity (Wildman–Crippen MR) is 73.3 cm³/mol. The second kappa shape index (κ2) is 5.05. The van der Waals surface area contributed by atoms with Crippen molar-refractivity contribution in [2.75, 3.05) is 5.32 Å². The van der Waals surface area contributed by atoms with Gasteiger partial charge in [0.1, 0.15) is 0 Å². The number of hydrogen-bond donors (Lipinski definition) is 1. The van der Waals surface area contributed by atoms with Gasteiger partial charge in [-0.25, -0.2) is 0 Å². The molecule has 0 saturated heterocycles. The summed E-state index contributed by atoms with van der Waals surface area (Å²) in [6.07, 6.45) is 5.44. The van der Waals surface area contributed by atoms with E-state index in [0.29, 0.717) is 18.3 Å². The highest BCUT2D eigenvalue weighted by Crippen LogP contribution is 2.55. The largest absolute Gasteiger partial charge is 0.326 e. The van der Waals surface area contributed by atoms with Crippen LogP contribution in [0.3, 0.4) is 0 Å². The van der Waals surface area contributed by atoms with E-state index in [1.165, 1.54) is 25.7 Å². The predicted octanol–water partition coefficient (Wildman–Crippen LogP) is 3.13. The van der Waals surface area contributed by atoms with E-state index in [2.05, 4.69) is 11.4 Å². The van der Waals surface area contributed by atoms with Gasteiger partial charge >= 0.3 is 0 Å². The van der Waals surface area contributed by atoms with Crippen LogP contribution >= 0.6 is 0 Å². The molecule has 1 N–H and O–H groups in total. The molecule has 3 heteroatoms. The summed E-state index contributed by atoms with van der Waals surface area (Å²) in [5.41, 5.74) is 1.83. The number of benzene rings is 1. The van der Waals surface area contributed by atoms with E-state index in [1.807, 2.05) is 24.3 Å². The van der Waals surface area contributed by atoms with E-state index in [1.54, 1.807) is 0 Å². The second-order valence-corrected chi connectivity index (χ2v) is 5.66. The van der Waals surface area contributed by atoms with Gasteiger partial charge in [0.2, 0.25) is 5.91 Å². The van der Waals surface area contributed by atoms with E-state index in [-0.39, 0.29) is 11.8 Å². The molecule has 2 atom stereocenters. The van der Waals surface area contributed by atoms with Gasteiger partial charge in [-0.3, -0.25) is 4.79 Å². The third-order valence-electron chi connectivity index (χ3n) is 4.46. The topological polar surface area (TPSA) is 52.9 Å². The zero-order valence-electron chi connectivity index (χ0n) is 10.9. The van der Waals surface area contributed by atoms with Crippen molar-refractivity contribution in [1.82, 2.24) is 0 Å². The number of nitrogens with one attached hydrogen (secondary N) is 1. The van der Waals surface area contributed by atoms with Crippen LogP contribution in [-0.4, -0.2) is 5.91 Å². The molecule has 0 aromatic heterocycles. The Hall–Kier alpha value is -1.82. The lowest BCUT2D eigenvalue weighted by molar-refractivity contribution is -0.117. The van der Waals surface area contributed by atoms with Gasteiger partial charge in [-0.05, 0) is 42.4 Å². The summed E-state index contributed by atoms with van der Waals surface area (Å²) in [6, 6.07) is 9.69. The third-order valence-corrected chi connectivity index (χ3v) is 4.46. The summed E-state index contributed by atoms with van der Waals surface area (Å²) in [7, 11) is 0. The average molecular weight is 254 g/mol. The standard InChI is InChI=1S/C16H18N2O/c17-10-9-11-5-7-12(8-6-11)18-16(19)15-13-3-1-2-4-14(13)15/h5-8,13-15H,1-4,9H2,(H,18,19). The highest BCUT2D eigenvalue weighted by atomic mass is 16.2. The molecule has 0 aliphatic heterocycles. The van der Waals surface area contributed by atoms with E-state index in [4.69, 9.17) is 5.26 Å². The highest BCUT2D eigenvalue weighted by molar-refractivity contribution is 5.94. The molecule has 98 valence electrons. The first kappa shape index (κ1) is 12.2. The average Bonchev–Trinajstić information content (AvgIpc) is 3.15. The lowest BCUT2D eigenvalue weighted by Crippen LogP contribution is -2.15. The van der Waals surface area contributed by atoms with Gasteiger partial charge in [0, 0.05) is 11.6 Å². The lowest BCUT2D eigenvalue weighted by Gasteiger charge is -2.05. The van der Waals surface area contributed by atoms with Crippen molar-refractivity contribution in [2.45, 2.75) is 32.1 Å². The monoisotopic (exact) mass is 254 g/mol. The summed E-state index contributed by atoms with van der Waals surface area (Å²) >= 11 is 0. The molecule has 0 bridgehead atoms. The van der Waals surface area contributed by atoms with E-state index < -0.39 is 0 Å². The first-order valence-corrected chi connectivity index (χ1v) is 7.06. The number of amides is 1. The summed E-state index contributed by atoms with van der Waals surface area (Å²) in [6.45, 7) is 0. The zero-order chi connectivity index (χ0) is 13.2. The van der Waals surface area contributed by atoms with Gasteiger partial charge in [0.15, 0.2) is 0 Å². The zero-order valence-corrected chi connectivity index (χ0v) is 10.9. The molecule has 1 aromatic rings. The molecule has 2 aliphatic carbocycles. The van der Waals surface area contributed by atoms with Crippen molar-refractivity contribution in [2.24, 2.45) is 17.8 Å². The summed E-state index contributed by atoms with van der Waals surface area (Å²) in [5, 5.41) is 11.6.